The van der Waals surface area contributed by atoms with Gasteiger partial charge in [0.25, 0.3) is 0 Å². The molecular formula is C18H17BrClN3O2. The van der Waals surface area contributed by atoms with Gasteiger partial charge in [-0.2, -0.15) is 0 Å². The van der Waals surface area contributed by atoms with E-state index in [-0.39, 0.29) is 12.1 Å². The summed E-state index contributed by atoms with van der Waals surface area (Å²) in [6.45, 7) is 0. The van der Waals surface area contributed by atoms with E-state index in [1.165, 1.54) is 12.8 Å². The third-order valence-electron chi connectivity index (χ3n) is 4.45. The number of amidine groups is 1. The van der Waals surface area contributed by atoms with Crippen molar-refractivity contribution in [1.29, 1.82) is 0 Å². The third kappa shape index (κ3) is 3.46. The Morgan fingerprint density at radius 1 is 1.20 bits per heavy atom. The summed E-state index contributed by atoms with van der Waals surface area (Å²) in [6, 6.07) is 11.6. The van der Waals surface area contributed by atoms with Crippen LogP contribution in [-0.4, -0.2) is 24.0 Å². The first kappa shape index (κ1) is 16.7. The van der Waals surface area contributed by atoms with E-state index in [1.54, 1.807) is 7.11 Å². The number of benzene rings is 1. The highest BCUT2D eigenvalue weighted by molar-refractivity contribution is 9.10. The highest BCUT2D eigenvalue weighted by atomic mass is 79.9. The number of rotatable bonds is 4. The predicted molar refractivity (Wildman–Crippen MR) is 100.0 cm³/mol. The van der Waals surface area contributed by atoms with E-state index in [2.05, 4.69) is 31.4 Å². The van der Waals surface area contributed by atoms with Gasteiger partial charge in [-0.1, -0.05) is 28.9 Å². The van der Waals surface area contributed by atoms with Gasteiger partial charge in [0.05, 0.1) is 17.6 Å². The molecule has 1 saturated carbocycles. The maximum atomic E-state index is 6.03. The number of hydrogen-bond acceptors (Lipinski definition) is 5. The molecule has 2 atom stereocenters. The molecule has 1 aromatic carbocycles. The van der Waals surface area contributed by atoms with Crippen LogP contribution in [0.4, 0.5) is 0 Å². The predicted octanol–water partition coefficient (Wildman–Crippen LogP) is 4.31. The molecule has 0 saturated heterocycles. The number of aromatic nitrogens is 1. The molecule has 1 fully saturated rings. The second-order valence-electron chi connectivity index (χ2n) is 6.21. The molecule has 5 nitrogen and oxygen atoms in total. The highest BCUT2D eigenvalue weighted by Gasteiger charge is 2.42. The number of oxime groups is 1. The molecule has 0 amide bonds. The maximum absolute atomic E-state index is 6.03. The Morgan fingerprint density at radius 2 is 1.96 bits per heavy atom. The molecular weight excluding hydrogens is 406 g/mol. The Bertz CT molecular complexity index is 808. The minimum absolute atomic E-state index is 0.00806. The number of methoxy groups -OCH3 is 1. The van der Waals surface area contributed by atoms with E-state index in [0.29, 0.717) is 23.3 Å². The normalized spacial score (nSPS) is 22.6. The molecule has 25 heavy (non-hydrogen) atoms. The lowest BCUT2D eigenvalue weighted by atomic mass is 9.97. The van der Waals surface area contributed by atoms with Gasteiger partial charge in [0.15, 0.2) is 11.9 Å². The van der Waals surface area contributed by atoms with Crippen molar-refractivity contribution in [3.05, 3.63) is 57.2 Å². The van der Waals surface area contributed by atoms with Crippen LogP contribution in [0.3, 0.4) is 0 Å². The van der Waals surface area contributed by atoms with E-state index >= 15 is 0 Å². The van der Waals surface area contributed by atoms with Crippen LogP contribution < -0.4 is 10.1 Å². The summed E-state index contributed by atoms with van der Waals surface area (Å²) >= 11 is 9.45. The molecule has 0 radical (unpaired) electrons. The van der Waals surface area contributed by atoms with Crippen LogP contribution in [0.2, 0.25) is 5.02 Å². The fourth-order valence-corrected chi connectivity index (χ4v) is 3.48. The smallest absolute Gasteiger partial charge is 0.228 e. The molecule has 7 heteroatoms. The molecule has 2 unspecified atom stereocenters. The van der Waals surface area contributed by atoms with Crippen LogP contribution in [-0.2, 0) is 4.84 Å². The van der Waals surface area contributed by atoms with Crippen molar-refractivity contribution in [2.45, 2.75) is 25.0 Å². The summed E-state index contributed by atoms with van der Waals surface area (Å²) in [5.41, 5.74) is 1.80. The van der Waals surface area contributed by atoms with Gasteiger partial charge in [-0.05, 0) is 58.6 Å². The van der Waals surface area contributed by atoms with Crippen molar-refractivity contribution in [1.82, 2.24) is 10.3 Å². The van der Waals surface area contributed by atoms with Crippen LogP contribution >= 0.6 is 27.5 Å². The Morgan fingerprint density at radius 3 is 2.64 bits per heavy atom. The summed E-state index contributed by atoms with van der Waals surface area (Å²) < 4.78 is 6.07. The van der Waals surface area contributed by atoms with Crippen LogP contribution in [0.1, 0.15) is 30.1 Å². The Balaban J connectivity index is 1.65. The molecule has 1 aliphatic heterocycles. The number of ether oxygens (including phenoxy) is 1. The Kier molecular flexibility index (Phi) is 4.56. The quantitative estimate of drug-likeness (QED) is 0.798. The van der Waals surface area contributed by atoms with Crippen molar-refractivity contribution < 1.29 is 9.57 Å². The van der Waals surface area contributed by atoms with Gasteiger partial charge in [0.1, 0.15) is 5.69 Å². The first-order chi connectivity index (χ1) is 12.2. The van der Waals surface area contributed by atoms with Gasteiger partial charge in [-0.15, -0.1) is 0 Å². The Hall–Kier alpha value is -1.79. The second kappa shape index (κ2) is 6.84. The molecule has 2 heterocycles. The molecule has 0 spiro atoms. The van der Waals surface area contributed by atoms with Gasteiger partial charge < -0.3 is 14.9 Å². The standard InChI is InChI=1S/C18H17BrClN3O2/c1-24-18-13(19)8-9-14(21-18)17-22-15(10-4-6-12(20)7-5-10)16(25-23-17)11-2-3-11/h4-9,11,15-16H,2-3H2,1H3,(H,22,23). The summed E-state index contributed by atoms with van der Waals surface area (Å²) in [6.07, 6.45) is 2.36. The number of hydrogen-bond donors (Lipinski definition) is 1. The number of nitrogens with one attached hydrogen (secondary N) is 1. The molecule has 130 valence electrons. The fraction of sp³-hybridized carbons (Fsp3) is 0.333. The van der Waals surface area contributed by atoms with Crippen molar-refractivity contribution in [3.63, 3.8) is 0 Å². The molecule has 2 aliphatic rings. The lowest BCUT2D eigenvalue weighted by molar-refractivity contribution is 0.00617. The molecule has 0 bridgehead atoms. The van der Waals surface area contributed by atoms with Crippen LogP contribution in [0, 0.1) is 5.92 Å². The Labute approximate surface area is 159 Å². The topological polar surface area (TPSA) is 55.7 Å². The lowest BCUT2D eigenvalue weighted by Crippen LogP contribution is -2.43. The van der Waals surface area contributed by atoms with Gasteiger partial charge in [0.2, 0.25) is 5.88 Å². The summed E-state index contributed by atoms with van der Waals surface area (Å²) in [7, 11) is 1.59. The molecule has 1 aromatic heterocycles. The number of halogens is 2. The number of pyridine rings is 1. The van der Waals surface area contributed by atoms with Gasteiger partial charge in [0, 0.05) is 10.9 Å². The minimum atomic E-state index is 0.00806. The average Bonchev–Trinajstić information content (AvgIpc) is 3.47. The summed E-state index contributed by atoms with van der Waals surface area (Å²) in [5, 5.41) is 8.50. The molecule has 1 N–H and O–H groups in total. The summed E-state index contributed by atoms with van der Waals surface area (Å²) in [4.78, 5) is 10.3. The zero-order valence-electron chi connectivity index (χ0n) is 13.6. The largest absolute Gasteiger partial charge is 0.480 e. The zero-order valence-corrected chi connectivity index (χ0v) is 15.9. The average molecular weight is 423 g/mol. The van der Waals surface area contributed by atoms with E-state index in [4.69, 9.17) is 21.2 Å². The van der Waals surface area contributed by atoms with Gasteiger partial charge in [-0.3, -0.25) is 0 Å². The van der Waals surface area contributed by atoms with Crippen molar-refractivity contribution >= 4 is 33.4 Å². The van der Waals surface area contributed by atoms with Gasteiger partial charge >= 0.3 is 0 Å². The molecule has 1 aliphatic carbocycles. The maximum Gasteiger partial charge on any atom is 0.228 e. The van der Waals surface area contributed by atoms with Crippen molar-refractivity contribution in [2.75, 3.05) is 7.11 Å². The lowest BCUT2D eigenvalue weighted by Gasteiger charge is -2.32. The molecule has 2 aromatic rings. The second-order valence-corrected chi connectivity index (χ2v) is 7.50. The third-order valence-corrected chi connectivity index (χ3v) is 5.31. The van der Waals surface area contributed by atoms with Crippen LogP contribution in [0.25, 0.3) is 0 Å². The van der Waals surface area contributed by atoms with E-state index in [0.717, 1.165) is 15.1 Å². The SMILES string of the molecule is COc1nc(C2=NOC(C3CC3)C(c3ccc(Cl)cc3)N2)ccc1Br. The van der Waals surface area contributed by atoms with Gasteiger partial charge in [-0.25, -0.2) is 4.98 Å². The van der Waals surface area contributed by atoms with E-state index < -0.39 is 0 Å². The van der Waals surface area contributed by atoms with E-state index in [1.807, 2.05) is 36.4 Å². The van der Waals surface area contributed by atoms with Crippen LogP contribution in [0.15, 0.2) is 46.0 Å². The first-order valence-electron chi connectivity index (χ1n) is 8.12. The molecule has 4 rings (SSSR count). The van der Waals surface area contributed by atoms with E-state index in [9.17, 15) is 0 Å². The highest BCUT2D eigenvalue weighted by Crippen LogP contribution is 2.41. The van der Waals surface area contributed by atoms with Crippen molar-refractivity contribution in [3.8, 4) is 5.88 Å². The zero-order chi connectivity index (χ0) is 17.4. The monoisotopic (exact) mass is 421 g/mol. The fourth-order valence-electron chi connectivity index (χ4n) is 2.98. The van der Waals surface area contributed by atoms with Crippen molar-refractivity contribution in [2.24, 2.45) is 11.1 Å². The summed E-state index contributed by atoms with van der Waals surface area (Å²) in [5.74, 6) is 1.64. The number of nitrogens with zero attached hydrogens (tertiary/aromatic N) is 2. The first-order valence-corrected chi connectivity index (χ1v) is 9.29. The van der Waals surface area contributed by atoms with Crippen LogP contribution in [0.5, 0.6) is 5.88 Å². The minimum Gasteiger partial charge on any atom is -0.480 e.